The molecule has 3 heterocycles. The molecule has 5 rings (SSSR count). The van der Waals surface area contributed by atoms with Crippen molar-refractivity contribution in [1.29, 1.82) is 0 Å². The zero-order valence-electron chi connectivity index (χ0n) is 16.6. The third kappa shape index (κ3) is 3.52. The fraction of sp³-hybridized carbons (Fsp3) is 0.304. The van der Waals surface area contributed by atoms with Crippen LogP contribution in [0.5, 0.6) is 0 Å². The molecule has 1 amide bonds. The summed E-state index contributed by atoms with van der Waals surface area (Å²) in [5, 5.41) is 0.658. The summed E-state index contributed by atoms with van der Waals surface area (Å²) in [7, 11) is 0. The van der Waals surface area contributed by atoms with Gasteiger partial charge in [0.15, 0.2) is 5.43 Å². The number of ether oxygens (including phenoxy) is 1. The molecule has 2 aliphatic rings. The van der Waals surface area contributed by atoms with E-state index in [-0.39, 0.29) is 33.3 Å². The predicted octanol–water partition coefficient (Wildman–Crippen LogP) is 3.46. The third-order valence-corrected chi connectivity index (χ3v) is 6.12. The van der Waals surface area contributed by atoms with Crippen molar-refractivity contribution in [2.24, 2.45) is 0 Å². The van der Waals surface area contributed by atoms with Crippen LogP contribution in [0.4, 0.5) is 4.39 Å². The number of hydrogen-bond donors (Lipinski definition) is 0. The van der Waals surface area contributed by atoms with Crippen LogP contribution in [-0.4, -0.2) is 55.1 Å². The van der Waals surface area contributed by atoms with Crippen molar-refractivity contribution in [2.75, 3.05) is 39.4 Å². The van der Waals surface area contributed by atoms with Crippen molar-refractivity contribution in [2.45, 2.75) is 6.04 Å². The number of halogens is 2. The first-order valence-corrected chi connectivity index (χ1v) is 10.5. The minimum atomic E-state index is -0.857. The highest BCUT2D eigenvalue weighted by Crippen LogP contribution is 2.39. The van der Waals surface area contributed by atoms with Gasteiger partial charge in [0.1, 0.15) is 11.4 Å². The van der Waals surface area contributed by atoms with E-state index in [0.29, 0.717) is 31.3 Å². The van der Waals surface area contributed by atoms with Gasteiger partial charge in [0.05, 0.1) is 30.2 Å². The Hall–Kier alpha value is -2.74. The first-order chi connectivity index (χ1) is 15.0. The molecule has 1 fully saturated rings. The van der Waals surface area contributed by atoms with Crippen LogP contribution in [0.3, 0.4) is 0 Å². The molecular formula is C23H20ClFN2O4. The molecule has 1 unspecified atom stereocenters. The molecule has 160 valence electrons. The molecule has 1 atom stereocenters. The number of fused-ring (bicyclic) bond motifs is 2. The topological polar surface area (TPSA) is 63.0 Å². The fourth-order valence-electron chi connectivity index (χ4n) is 4.32. The van der Waals surface area contributed by atoms with Crippen molar-refractivity contribution in [3.63, 3.8) is 0 Å². The number of benzene rings is 2. The van der Waals surface area contributed by atoms with E-state index in [2.05, 4.69) is 4.90 Å². The van der Waals surface area contributed by atoms with Gasteiger partial charge in [-0.05, 0) is 24.3 Å². The van der Waals surface area contributed by atoms with Gasteiger partial charge < -0.3 is 14.1 Å². The van der Waals surface area contributed by atoms with Crippen LogP contribution in [0.25, 0.3) is 11.0 Å². The monoisotopic (exact) mass is 442 g/mol. The zero-order valence-corrected chi connectivity index (χ0v) is 17.4. The van der Waals surface area contributed by atoms with Crippen molar-refractivity contribution in [3.05, 3.63) is 80.4 Å². The summed E-state index contributed by atoms with van der Waals surface area (Å²) in [5.74, 6) is -0.921. The molecule has 1 saturated heterocycles. The molecule has 0 saturated carbocycles. The highest BCUT2D eigenvalue weighted by molar-refractivity contribution is 6.31. The van der Waals surface area contributed by atoms with Crippen molar-refractivity contribution in [1.82, 2.24) is 9.80 Å². The molecule has 3 aromatic rings. The summed E-state index contributed by atoms with van der Waals surface area (Å²) in [6, 6.07) is 10.0. The van der Waals surface area contributed by atoms with Gasteiger partial charge >= 0.3 is 0 Å². The standard InChI is InChI=1S/C23H20ClFN2O4/c24-14-5-6-18-16(13-14)21(28)19-20(15-3-1-2-4-17(15)25)27(23(29)22(19)31-18)8-7-26-9-11-30-12-10-26/h1-6,13,20H,7-12H2. The number of carbonyl (C=O) groups is 1. The molecule has 1 aromatic heterocycles. The summed E-state index contributed by atoms with van der Waals surface area (Å²) in [6.07, 6.45) is 0. The van der Waals surface area contributed by atoms with E-state index in [1.165, 1.54) is 17.0 Å². The van der Waals surface area contributed by atoms with Crippen LogP contribution in [0, 0.1) is 5.82 Å². The van der Waals surface area contributed by atoms with Crippen molar-refractivity contribution < 1.29 is 18.3 Å². The quantitative estimate of drug-likeness (QED) is 0.619. The van der Waals surface area contributed by atoms with Crippen molar-refractivity contribution >= 4 is 28.5 Å². The number of morpholine rings is 1. The maximum atomic E-state index is 14.8. The minimum Gasteiger partial charge on any atom is -0.450 e. The lowest BCUT2D eigenvalue weighted by Crippen LogP contribution is -2.42. The number of amides is 1. The second-order valence-electron chi connectivity index (χ2n) is 7.69. The molecular weight excluding hydrogens is 423 g/mol. The Balaban J connectivity index is 1.63. The lowest BCUT2D eigenvalue weighted by molar-refractivity contribution is 0.0314. The number of carbonyl (C=O) groups excluding carboxylic acids is 1. The van der Waals surface area contributed by atoms with E-state index in [1.807, 2.05) is 0 Å². The van der Waals surface area contributed by atoms with Gasteiger partial charge in [-0.1, -0.05) is 29.8 Å². The van der Waals surface area contributed by atoms with Crippen LogP contribution in [0.2, 0.25) is 5.02 Å². The Morgan fingerprint density at radius 1 is 1.06 bits per heavy atom. The Morgan fingerprint density at radius 3 is 2.61 bits per heavy atom. The highest BCUT2D eigenvalue weighted by atomic mass is 35.5. The van der Waals surface area contributed by atoms with Gasteiger partial charge in [-0.25, -0.2) is 4.39 Å². The van der Waals surface area contributed by atoms with Crippen molar-refractivity contribution in [3.8, 4) is 0 Å². The number of nitrogens with zero attached hydrogens (tertiary/aromatic N) is 2. The molecule has 0 radical (unpaired) electrons. The average Bonchev–Trinajstić information content (AvgIpc) is 3.06. The zero-order chi connectivity index (χ0) is 21.5. The molecule has 31 heavy (non-hydrogen) atoms. The van der Waals surface area contributed by atoms with E-state index in [0.717, 1.165) is 13.1 Å². The van der Waals surface area contributed by atoms with E-state index >= 15 is 0 Å². The molecule has 0 bridgehead atoms. The lowest BCUT2D eigenvalue weighted by Gasteiger charge is -2.31. The normalized spacial score (nSPS) is 19.2. The summed E-state index contributed by atoms with van der Waals surface area (Å²) in [5.41, 5.74) is 0.343. The minimum absolute atomic E-state index is 0.0324. The maximum absolute atomic E-state index is 14.8. The first-order valence-electron chi connectivity index (χ1n) is 10.2. The van der Waals surface area contributed by atoms with Gasteiger partial charge in [-0.3, -0.25) is 14.5 Å². The maximum Gasteiger partial charge on any atom is 0.290 e. The molecule has 0 N–H and O–H groups in total. The largest absolute Gasteiger partial charge is 0.450 e. The summed E-state index contributed by atoms with van der Waals surface area (Å²) >= 11 is 6.08. The van der Waals surface area contributed by atoms with E-state index in [1.54, 1.807) is 30.3 Å². The van der Waals surface area contributed by atoms with E-state index < -0.39 is 17.8 Å². The van der Waals surface area contributed by atoms with Gasteiger partial charge in [0.2, 0.25) is 5.76 Å². The highest BCUT2D eigenvalue weighted by Gasteiger charge is 2.43. The number of hydrogen-bond acceptors (Lipinski definition) is 5. The van der Waals surface area contributed by atoms with E-state index in [4.69, 9.17) is 20.8 Å². The predicted molar refractivity (Wildman–Crippen MR) is 114 cm³/mol. The Bertz CT molecular complexity index is 1220. The van der Waals surface area contributed by atoms with E-state index in [9.17, 15) is 14.0 Å². The smallest absolute Gasteiger partial charge is 0.290 e. The lowest BCUT2D eigenvalue weighted by atomic mass is 9.98. The fourth-order valence-corrected chi connectivity index (χ4v) is 4.49. The Kier molecular flexibility index (Phi) is 5.25. The first kappa shape index (κ1) is 20.2. The SMILES string of the molecule is O=C1c2oc3ccc(Cl)cc3c(=O)c2C(c2ccccc2F)N1CCN1CCOCC1. The molecule has 8 heteroatoms. The summed E-state index contributed by atoms with van der Waals surface area (Å²) in [6.45, 7) is 3.72. The Morgan fingerprint density at radius 2 is 1.84 bits per heavy atom. The van der Waals surface area contributed by atoms with Crippen LogP contribution in [0.15, 0.2) is 51.7 Å². The average molecular weight is 443 g/mol. The Labute approximate surface area is 182 Å². The van der Waals surface area contributed by atoms with Gasteiger partial charge in [-0.15, -0.1) is 0 Å². The summed E-state index contributed by atoms with van der Waals surface area (Å²) < 4.78 is 26.1. The van der Waals surface area contributed by atoms with Crippen LogP contribution in [0.1, 0.15) is 27.7 Å². The molecule has 0 spiro atoms. The second-order valence-corrected chi connectivity index (χ2v) is 8.13. The van der Waals surface area contributed by atoms with Gasteiger partial charge in [-0.2, -0.15) is 0 Å². The third-order valence-electron chi connectivity index (χ3n) is 5.89. The molecule has 2 aromatic carbocycles. The van der Waals surface area contributed by atoms with Gasteiger partial charge in [0.25, 0.3) is 5.91 Å². The van der Waals surface area contributed by atoms with Crippen LogP contribution in [-0.2, 0) is 4.74 Å². The molecule has 6 nitrogen and oxygen atoms in total. The van der Waals surface area contributed by atoms with Crippen LogP contribution < -0.4 is 5.43 Å². The molecule has 0 aliphatic carbocycles. The van der Waals surface area contributed by atoms with Gasteiger partial charge in [0, 0.05) is 36.8 Å². The summed E-state index contributed by atoms with van der Waals surface area (Å²) in [4.78, 5) is 30.5. The van der Waals surface area contributed by atoms with Crippen LogP contribution >= 0.6 is 11.6 Å². The number of rotatable bonds is 4. The molecule has 2 aliphatic heterocycles. The second kappa shape index (κ2) is 8.07.